The van der Waals surface area contributed by atoms with Crippen LogP contribution in [0.4, 0.5) is 19.2 Å². The van der Waals surface area contributed by atoms with Crippen LogP contribution in [0.2, 0.25) is 0 Å². The van der Waals surface area contributed by atoms with Crippen molar-refractivity contribution in [1.29, 1.82) is 0 Å². The summed E-state index contributed by atoms with van der Waals surface area (Å²) in [6.07, 6.45) is -2.06. The van der Waals surface area contributed by atoms with E-state index in [1.807, 2.05) is 121 Å². The highest BCUT2D eigenvalue weighted by Gasteiger charge is 2.12. The van der Waals surface area contributed by atoms with Crippen LogP contribution in [0.15, 0.2) is 121 Å². The summed E-state index contributed by atoms with van der Waals surface area (Å²) in [5.41, 5.74) is 3.58. The third-order valence-corrected chi connectivity index (χ3v) is 9.12. The molecule has 0 bridgehead atoms. The molecule has 0 aliphatic carbocycles. The van der Waals surface area contributed by atoms with Crippen molar-refractivity contribution in [2.45, 2.75) is 26.4 Å². The smallest absolute Gasteiger partial charge is 0.407 e. The number of ether oxygens (including phenoxy) is 6. The number of nitrogens with one attached hydrogen (secondary N) is 4. The van der Waals surface area contributed by atoms with Gasteiger partial charge in [-0.05, 0) is 22.3 Å². The summed E-state index contributed by atoms with van der Waals surface area (Å²) in [6.45, 7) is 6.58. The predicted molar refractivity (Wildman–Crippen MR) is 233 cm³/mol. The number of nitrogens with zero attached hydrogens (tertiary/aromatic N) is 2. The highest BCUT2D eigenvalue weighted by Crippen LogP contribution is 2.04. The minimum Gasteiger partial charge on any atom is -0.445 e. The fourth-order valence-electron chi connectivity index (χ4n) is 5.74. The summed E-state index contributed by atoms with van der Waals surface area (Å²) in [4.78, 5) is 53.3. The molecule has 0 saturated carbocycles. The summed E-state index contributed by atoms with van der Waals surface area (Å²) in [6, 6.07) is 37.8. The second-order valence-electron chi connectivity index (χ2n) is 13.9. The topological polar surface area (TPSA) is 178 Å². The van der Waals surface area contributed by atoms with E-state index in [2.05, 4.69) is 31.1 Å². The van der Waals surface area contributed by atoms with Crippen LogP contribution in [0.25, 0.3) is 0 Å². The molecular weight excluding hydrogens is 797 g/mol. The Morgan fingerprint density at radius 2 is 0.581 bits per heavy atom. The highest BCUT2D eigenvalue weighted by atomic mass is 16.6. The lowest BCUT2D eigenvalue weighted by Gasteiger charge is -2.23. The quantitative estimate of drug-likeness (QED) is 0.0409. The molecule has 0 aromatic heterocycles. The van der Waals surface area contributed by atoms with E-state index in [-0.39, 0.29) is 26.4 Å². The average Bonchev–Trinajstić information content (AvgIpc) is 3.30. The van der Waals surface area contributed by atoms with Crippen LogP contribution >= 0.6 is 0 Å². The van der Waals surface area contributed by atoms with Crippen molar-refractivity contribution >= 4 is 24.4 Å². The molecule has 0 fully saturated rings. The van der Waals surface area contributed by atoms with E-state index in [1.54, 1.807) is 0 Å². The van der Waals surface area contributed by atoms with E-state index in [9.17, 15) is 19.2 Å². The molecule has 16 heteroatoms. The lowest BCUT2D eigenvalue weighted by Crippen LogP contribution is -2.41. The summed E-state index contributed by atoms with van der Waals surface area (Å²) in [5, 5.41) is 11.1. The molecular formula is C46H60N6O10. The molecule has 4 N–H and O–H groups in total. The monoisotopic (exact) mass is 856 g/mol. The molecule has 0 saturated heterocycles. The lowest BCUT2D eigenvalue weighted by atomic mass is 10.2. The number of rotatable bonds is 29. The number of hydrogen-bond acceptors (Lipinski definition) is 12. The maximum absolute atomic E-state index is 12.3. The van der Waals surface area contributed by atoms with E-state index < -0.39 is 24.4 Å². The number of carbonyl (C=O) groups is 4. The molecule has 16 nitrogen and oxygen atoms in total. The van der Waals surface area contributed by atoms with Crippen molar-refractivity contribution in [3.8, 4) is 0 Å². The van der Waals surface area contributed by atoms with Gasteiger partial charge in [0.1, 0.15) is 26.4 Å². The van der Waals surface area contributed by atoms with Crippen molar-refractivity contribution in [2.24, 2.45) is 0 Å². The molecule has 4 aromatic carbocycles. The first-order valence-electron chi connectivity index (χ1n) is 20.8. The van der Waals surface area contributed by atoms with Crippen LogP contribution in [-0.2, 0) is 54.8 Å². The van der Waals surface area contributed by atoms with E-state index in [0.29, 0.717) is 91.9 Å². The molecule has 0 atom stereocenters. The van der Waals surface area contributed by atoms with Crippen LogP contribution in [0.3, 0.4) is 0 Å². The summed E-state index contributed by atoms with van der Waals surface area (Å²) in [7, 11) is 0. The third-order valence-electron chi connectivity index (χ3n) is 9.12. The van der Waals surface area contributed by atoms with Gasteiger partial charge in [0.15, 0.2) is 0 Å². The van der Waals surface area contributed by atoms with Gasteiger partial charge in [-0.1, -0.05) is 121 Å². The van der Waals surface area contributed by atoms with Crippen LogP contribution in [0.5, 0.6) is 0 Å². The van der Waals surface area contributed by atoms with Gasteiger partial charge in [0.2, 0.25) is 0 Å². The predicted octanol–water partition coefficient (Wildman–Crippen LogP) is 5.33. The molecule has 0 aliphatic heterocycles. The average molecular weight is 857 g/mol. The van der Waals surface area contributed by atoms with Crippen molar-refractivity contribution in [3.05, 3.63) is 144 Å². The second kappa shape index (κ2) is 30.8. The molecule has 4 amide bonds. The standard InChI is InChI=1S/C46H60N6O10/c53-43(59-35-39-13-5-1-6-14-39)47-21-25-51(26-22-48-44(54)60-36-40-15-7-2-8-16-40)29-31-57-33-34-58-32-30-52(27-23-49-45(55)61-37-41-17-9-3-10-18-41)28-24-50-46(56)62-38-42-19-11-4-12-20-42/h1-20H,21-38H2,(H,47,53)(H,48,54)(H,49,55)(H,50,56). The third kappa shape index (κ3) is 23.0. The van der Waals surface area contributed by atoms with Gasteiger partial charge >= 0.3 is 24.4 Å². The summed E-state index contributed by atoms with van der Waals surface area (Å²) >= 11 is 0. The van der Waals surface area contributed by atoms with Crippen molar-refractivity contribution in [1.82, 2.24) is 31.1 Å². The minimum atomic E-state index is -0.515. The Morgan fingerprint density at radius 1 is 0.339 bits per heavy atom. The van der Waals surface area contributed by atoms with Gasteiger partial charge in [0.25, 0.3) is 0 Å². The summed E-state index contributed by atoms with van der Waals surface area (Å²) in [5.74, 6) is 0. The molecule has 0 unspecified atom stereocenters. The summed E-state index contributed by atoms with van der Waals surface area (Å²) < 4.78 is 33.0. The Morgan fingerprint density at radius 3 is 0.823 bits per heavy atom. The number of benzene rings is 4. The number of carbonyl (C=O) groups excluding carboxylic acids is 4. The SMILES string of the molecule is O=C(NCCN(CCNC(=O)OCc1ccccc1)CCOCCOCCN(CCNC(=O)OCc1ccccc1)CCNC(=O)OCc1ccccc1)OCc1ccccc1. The van der Waals surface area contributed by atoms with Gasteiger partial charge in [-0.25, -0.2) is 19.2 Å². The normalized spacial score (nSPS) is 10.8. The first kappa shape index (κ1) is 48.5. The first-order valence-corrected chi connectivity index (χ1v) is 20.8. The van der Waals surface area contributed by atoms with Crippen molar-refractivity contribution < 1.29 is 47.6 Å². The van der Waals surface area contributed by atoms with E-state index in [4.69, 9.17) is 28.4 Å². The second-order valence-corrected chi connectivity index (χ2v) is 13.9. The maximum Gasteiger partial charge on any atom is 0.407 e. The Labute approximate surface area is 364 Å². The molecule has 0 aliphatic rings. The van der Waals surface area contributed by atoms with Gasteiger partial charge < -0.3 is 49.7 Å². The van der Waals surface area contributed by atoms with Gasteiger partial charge in [0.05, 0.1) is 26.4 Å². The Bertz CT molecular complexity index is 1560. The molecule has 4 aromatic rings. The Hall–Kier alpha value is -6.20. The lowest BCUT2D eigenvalue weighted by molar-refractivity contribution is 0.0313. The molecule has 334 valence electrons. The highest BCUT2D eigenvalue weighted by molar-refractivity contribution is 5.68. The van der Waals surface area contributed by atoms with Crippen LogP contribution < -0.4 is 21.3 Å². The van der Waals surface area contributed by atoms with E-state index >= 15 is 0 Å². The van der Waals surface area contributed by atoms with Crippen molar-refractivity contribution in [3.63, 3.8) is 0 Å². The fourth-order valence-corrected chi connectivity index (χ4v) is 5.74. The van der Waals surface area contributed by atoms with Gasteiger partial charge in [-0.3, -0.25) is 9.80 Å². The zero-order valence-corrected chi connectivity index (χ0v) is 35.3. The minimum absolute atomic E-state index is 0.172. The largest absolute Gasteiger partial charge is 0.445 e. The van der Waals surface area contributed by atoms with E-state index in [0.717, 1.165) is 22.3 Å². The zero-order chi connectivity index (χ0) is 43.7. The van der Waals surface area contributed by atoms with Crippen LogP contribution in [0.1, 0.15) is 22.3 Å². The molecule has 4 rings (SSSR count). The number of alkyl carbamates (subject to hydrolysis) is 4. The van der Waals surface area contributed by atoms with Gasteiger partial charge in [0, 0.05) is 65.4 Å². The van der Waals surface area contributed by atoms with Crippen molar-refractivity contribution in [2.75, 3.05) is 91.9 Å². The number of hydrogen-bond donors (Lipinski definition) is 4. The zero-order valence-electron chi connectivity index (χ0n) is 35.3. The molecule has 0 heterocycles. The molecule has 0 radical (unpaired) electrons. The first-order chi connectivity index (χ1) is 30.4. The number of amides is 4. The maximum atomic E-state index is 12.3. The van der Waals surface area contributed by atoms with E-state index in [1.165, 1.54) is 0 Å². The van der Waals surface area contributed by atoms with Crippen LogP contribution in [-0.4, -0.2) is 126 Å². The van der Waals surface area contributed by atoms with Gasteiger partial charge in [-0.15, -0.1) is 0 Å². The Kier molecular flexibility index (Phi) is 24.1. The van der Waals surface area contributed by atoms with Gasteiger partial charge in [-0.2, -0.15) is 0 Å². The molecule has 62 heavy (non-hydrogen) atoms. The molecule has 0 spiro atoms. The van der Waals surface area contributed by atoms with Crippen LogP contribution in [0, 0.1) is 0 Å². The fraction of sp³-hybridized carbons (Fsp3) is 0.391. The Balaban J connectivity index is 1.13.